The second-order valence-corrected chi connectivity index (χ2v) is 7.98. The Balaban J connectivity index is 1.80. The molecule has 2 N–H and O–H groups in total. The quantitative estimate of drug-likeness (QED) is 0.554. The van der Waals surface area contributed by atoms with Crippen LogP contribution in [0.15, 0.2) is 41.3 Å². The van der Waals surface area contributed by atoms with Crippen LogP contribution in [0.5, 0.6) is 5.75 Å². The fourth-order valence-electron chi connectivity index (χ4n) is 2.20. The van der Waals surface area contributed by atoms with Crippen molar-refractivity contribution in [3.8, 4) is 5.75 Å². The second kappa shape index (κ2) is 10.3. The molecule has 0 unspecified atom stereocenters. The van der Waals surface area contributed by atoms with Gasteiger partial charge in [-0.15, -0.1) is 0 Å². The molecule has 0 fully saturated rings. The minimum absolute atomic E-state index is 0.283. The van der Waals surface area contributed by atoms with Gasteiger partial charge in [0.15, 0.2) is 18.2 Å². The highest BCUT2D eigenvalue weighted by molar-refractivity contribution is 7.89. The molecule has 0 saturated heterocycles. The third kappa shape index (κ3) is 6.65. The number of halogens is 3. The molecule has 30 heavy (non-hydrogen) atoms. The van der Waals surface area contributed by atoms with Gasteiger partial charge in [0, 0.05) is 11.6 Å². The van der Waals surface area contributed by atoms with Crippen LogP contribution in [-0.2, 0) is 24.3 Å². The maximum Gasteiger partial charge on any atom is 0.307 e. The molecule has 162 valence electrons. The minimum Gasteiger partial charge on any atom is -0.495 e. The number of hydrogen-bond donors (Lipinski definition) is 2. The minimum atomic E-state index is -4.15. The molecule has 1 amide bonds. The molecule has 0 radical (unpaired) electrons. The third-order valence-corrected chi connectivity index (χ3v) is 5.32. The Bertz CT molecular complexity index is 1050. The van der Waals surface area contributed by atoms with Crippen molar-refractivity contribution in [2.24, 2.45) is 0 Å². The van der Waals surface area contributed by atoms with Crippen LogP contribution in [0.3, 0.4) is 0 Å². The van der Waals surface area contributed by atoms with Crippen LogP contribution in [-0.4, -0.2) is 40.6 Å². The fraction of sp³-hybridized carbons (Fsp3) is 0.222. The SMILES string of the molecule is COc1ccc(Cl)cc1NC(=O)COC(=O)CCNS(=O)(=O)c1ccc(F)c(F)c1. The van der Waals surface area contributed by atoms with Crippen molar-refractivity contribution in [3.63, 3.8) is 0 Å². The van der Waals surface area contributed by atoms with Gasteiger partial charge >= 0.3 is 5.97 Å². The van der Waals surface area contributed by atoms with Crippen LogP contribution in [0.2, 0.25) is 5.02 Å². The highest BCUT2D eigenvalue weighted by Gasteiger charge is 2.17. The number of nitrogens with one attached hydrogen (secondary N) is 2. The smallest absolute Gasteiger partial charge is 0.307 e. The van der Waals surface area contributed by atoms with E-state index in [1.807, 2.05) is 0 Å². The third-order valence-electron chi connectivity index (χ3n) is 3.62. The average molecular weight is 463 g/mol. The molecule has 2 aromatic carbocycles. The summed E-state index contributed by atoms with van der Waals surface area (Å²) in [4.78, 5) is 23.1. The Hall–Kier alpha value is -2.76. The van der Waals surface area contributed by atoms with Crippen LogP contribution in [0.25, 0.3) is 0 Å². The van der Waals surface area contributed by atoms with Gasteiger partial charge in [0.1, 0.15) is 5.75 Å². The van der Waals surface area contributed by atoms with Gasteiger partial charge in [-0.25, -0.2) is 21.9 Å². The van der Waals surface area contributed by atoms with Crippen LogP contribution < -0.4 is 14.8 Å². The highest BCUT2D eigenvalue weighted by Crippen LogP contribution is 2.27. The average Bonchev–Trinajstić information content (AvgIpc) is 2.68. The lowest BCUT2D eigenvalue weighted by atomic mass is 10.3. The van der Waals surface area contributed by atoms with Gasteiger partial charge in [-0.2, -0.15) is 0 Å². The highest BCUT2D eigenvalue weighted by atomic mass is 35.5. The number of methoxy groups -OCH3 is 1. The monoisotopic (exact) mass is 462 g/mol. The molecule has 0 aliphatic rings. The number of carbonyl (C=O) groups is 2. The molecule has 0 aliphatic carbocycles. The summed E-state index contributed by atoms with van der Waals surface area (Å²) in [5.41, 5.74) is 0.283. The lowest BCUT2D eigenvalue weighted by Crippen LogP contribution is -2.28. The predicted molar refractivity (Wildman–Crippen MR) is 104 cm³/mol. The van der Waals surface area contributed by atoms with E-state index in [0.29, 0.717) is 22.9 Å². The molecule has 0 spiro atoms. The summed E-state index contributed by atoms with van der Waals surface area (Å²) in [5.74, 6) is -3.67. The summed E-state index contributed by atoms with van der Waals surface area (Å²) in [6, 6.07) is 6.64. The molecule has 12 heteroatoms. The van der Waals surface area contributed by atoms with Gasteiger partial charge in [0.05, 0.1) is 24.1 Å². The van der Waals surface area contributed by atoms with Gasteiger partial charge in [0.25, 0.3) is 5.91 Å². The van der Waals surface area contributed by atoms with Crippen molar-refractivity contribution < 1.29 is 36.3 Å². The molecule has 0 atom stereocenters. The number of sulfonamides is 1. The van der Waals surface area contributed by atoms with E-state index in [0.717, 1.165) is 6.07 Å². The first-order valence-electron chi connectivity index (χ1n) is 8.36. The summed E-state index contributed by atoms with van der Waals surface area (Å²) in [7, 11) is -2.75. The van der Waals surface area contributed by atoms with Crippen molar-refractivity contribution in [1.29, 1.82) is 0 Å². The van der Waals surface area contributed by atoms with Gasteiger partial charge in [-0.05, 0) is 36.4 Å². The maximum absolute atomic E-state index is 13.2. The maximum atomic E-state index is 13.2. The number of benzene rings is 2. The number of hydrogen-bond acceptors (Lipinski definition) is 6. The summed E-state index contributed by atoms with van der Waals surface area (Å²) < 4.78 is 61.9. The second-order valence-electron chi connectivity index (χ2n) is 5.78. The zero-order valence-electron chi connectivity index (χ0n) is 15.6. The number of anilines is 1. The van der Waals surface area contributed by atoms with Crippen LogP contribution >= 0.6 is 11.6 Å². The topological polar surface area (TPSA) is 111 Å². The van der Waals surface area contributed by atoms with Crippen LogP contribution in [0, 0.1) is 11.6 Å². The van der Waals surface area contributed by atoms with Gasteiger partial charge < -0.3 is 14.8 Å². The summed E-state index contributed by atoms with van der Waals surface area (Å²) in [6.07, 6.45) is -0.392. The summed E-state index contributed by atoms with van der Waals surface area (Å²) >= 11 is 5.85. The number of rotatable bonds is 9. The van der Waals surface area contributed by atoms with E-state index < -0.39 is 51.5 Å². The molecular formula is C18H17ClF2N2O6S. The van der Waals surface area contributed by atoms with E-state index in [4.69, 9.17) is 21.1 Å². The number of esters is 1. The Morgan fingerprint density at radius 1 is 1.10 bits per heavy atom. The van der Waals surface area contributed by atoms with Crippen molar-refractivity contribution in [1.82, 2.24) is 4.72 Å². The molecule has 0 heterocycles. The Kier molecular flexibility index (Phi) is 8.09. The zero-order chi connectivity index (χ0) is 22.3. The molecule has 0 bridgehead atoms. The van der Waals surface area contributed by atoms with E-state index in [-0.39, 0.29) is 12.2 Å². The van der Waals surface area contributed by atoms with E-state index in [1.165, 1.54) is 13.2 Å². The normalized spacial score (nSPS) is 11.1. The standard InChI is InChI=1S/C18H17ClF2N2O6S/c1-28-16-5-2-11(19)8-15(16)23-17(24)10-29-18(25)6-7-22-30(26,27)12-3-4-13(20)14(21)9-12/h2-5,8-9,22H,6-7,10H2,1H3,(H,23,24). The van der Waals surface area contributed by atoms with E-state index in [1.54, 1.807) is 12.1 Å². The van der Waals surface area contributed by atoms with Crippen molar-refractivity contribution in [2.75, 3.05) is 25.6 Å². The van der Waals surface area contributed by atoms with Crippen molar-refractivity contribution in [2.45, 2.75) is 11.3 Å². The molecule has 2 aromatic rings. The van der Waals surface area contributed by atoms with Gasteiger partial charge in [-0.1, -0.05) is 11.6 Å². The molecular weight excluding hydrogens is 446 g/mol. The Labute approximate surface area is 176 Å². The molecule has 0 saturated carbocycles. The first kappa shape index (κ1) is 23.5. The van der Waals surface area contributed by atoms with E-state index in [2.05, 4.69) is 10.0 Å². The number of ether oxygens (including phenoxy) is 2. The lowest BCUT2D eigenvalue weighted by molar-refractivity contribution is -0.147. The molecule has 0 aromatic heterocycles. The number of amides is 1. The Morgan fingerprint density at radius 2 is 1.83 bits per heavy atom. The molecule has 0 aliphatic heterocycles. The van der Waals surface area contributed by atoms with Crippen molar-refractivity contribution in [3.05, 3.63) is 53.1 Å². The van der Waals surface area contributed by atoms with Crippen molar-refractivity contribution >= 4 is 39.2 Å². The molecule has 8 nitrogen and oxygen atoms in total. The van der Waals surface area contributed by atoms with Gasteiger partial charge in [0.2, 0.25) is 10.0 Å². The summed E-state index contributed by atoms with van der Waals surface area (Å²) in [5, 5.41) is 2.82. The lowest BCUT2D eigenvalue weighted by Gasteiger charge is -2.11. The van der Waals surface area contributed by atoms with E-state index >= 15 is 0 Å². The van der Waals surface area contributed by atoms with E-state index in [9.17, 15) is 26.8 Å². The molecule has 2 rings (SSSR count). The van der Waals surface area contributed by atoms with Gasteiger partial charge in [-0.3, -0.25) is 9.59 Å². The predicted octanol–water partition coefficient (Wildman–Crippen LogP) is 2.48. The first-order chi connectivity index (χ1) is 14.1. The zero-order valence-corrected chi connectivity index (χ0v) is 17.1. The van der Waals surface area contributed by atoms with Crippen LogP contribution in [0.4, 0.5) is 14.5 Å². The van der Waals surface area contributed by atoms with Crippen LogP contribution in [0.1, 0.15) is 6.42 Å². The largest absolute Gasteiger partial charge is 0.495 e. The summed E-state index contributed by atoms with van der Waals surface area (Å²) in [6.45, 7) is -0.992. The Morgan fingerprint density at radius 3 is 2.50 bits per heavy atom. The fourth-order valence-corrected chi connectivity index (χ4v) is 3.41. The number of carbonyl (C=O) groups excluding carboxylic acids is 2. The first-order valence-corrected chi connectivity index (χ1v) is 10.2.